The molecule has 2 unspecified atom stereocenters. The highest BCUT2D eigenvalue weighted by Crippen LogP contribution is 2.38. The average molecular weight is 198 g/mol. The van der Waals surface area contributed by atoms with Crippen molar-refractivity contribution in [3.8, 4) is 0 Å². The lowest BCUT2D eigenvalue weighted by Crippen LogP contribution is -2.58. The monoisotopic (exact) mass is 198 g/mol. The second-order valence-corrected chi connectivity index (χ2v) is 5.12. The van der Waals surface area contributed by atoms with Crippen molar-refractivity contribution in [1.82, 2.24) is 4.90 Å². The van der Waals surface area contributed by atoms with Crippen molar-refractivity contribution in [2.24, 2.45) is 11.7 Å². The van der Waals surface area contributed by atoms with E-state index in [9.17, 15) is 0 Å². The SMILES string of the molecule is CCC(C)C(N)C1(N(C)C)CCCC1. The van der Waals surface area contributed by atoms with E-state index in [0.717, 1.165) is 0 Å². The quantitative estimate of drug-likeness (QED) is 0.750. The zero-order valence-electron chi connectivity index (χ0n) is 10.2. The predicted octanol–water partition coefficient (Wildman–Crippen LogP) is 2.23. The van der Waals surface area contributed by atoms with Crippen molar-refractivity contribution < 1.29 is 0 Å². The summed E-state index contributed by atoms with van der Waals surface area (Å²) in [6.07, 6.45) is 6.46. The summed E-state index contributed by atoms with van der Waals surface area (Å²) >= 11 is 0. The van der Waals surface area contributed by atoms with Crippen molar-refractivity contribution in [3.63, 3.8) is 0 Å². The van der Waals surface area contributed by atoms with Crippen LogP contribution in [-0.2, 0) is 0 Å². The minimum Gasteiger partial charge on any atom is -0.326 e. The first-order valence-corrected chi connectivity index (χ1v) is 5.97. The Morgan fingerprint density at radius 1 is 1.29 bits per heavy atom. The predicted molar refractivity (Wildman–Crippen MR) is 62.3 cm³/mol. The summed E-state index contributed by atoms with van der Waals surface area (Å²) in [6, 6.07) is 0.338. The molecule has 84 valence electrons. The molecule has 0 radical (unpaired) electrons. The number of rotatable bonds is 4. The van der Waals surface area contributed by atoms with Gasteiger partial charge in [0.15, 0.2) is 0 Å². The molecule has 2 heteroatoms. The summed E-state index contributed by atoms with van der Waals surface area (Å²) < 4.78 is 0. The van der Waals surface area contributed by atoms with Gasteiger partial charge in [-0.25, -0.2) is 0 Å². The molecule has 0 aromatic carbocycles. The van der Waals surface area contributed by atoms with E-state index in [4.69, 9.17) is 5.73 Å². The number of hydrogen-bond donors (Lipinski definition) is 1. The molecule has 1 fully saturated rings. The van der Waals surface area contributed by atoms with Gasteiger partial charge in [-0.05, 0) is 32.9 Å². The number of hydrogen-bond acceptors (Lipinski definition) is 2. The van der Waals surface area contributed by atoms with E-state index in [2.05, 4.69) is 32.8 Å². The van der Waals surface area contributed by atoms with Gasteiger partial charge in [0.2, 0.25) is 0 Å². The molecule has 0 aliphatic heterocycles. The second kappa shape index (κ2) is 4.63. The lowest BCUT2D eigenvalue weighted by atomic mass is 9.79. The van der Waals surface area contributed by atoms with Gasteiger partial charge in [0.25, 0.3) is 0 Å². The number of nitrogens with two attached hydrogens (primary N) is 1. The molecule has 0 spiro atoms. The minimum atomic E-state index is 0.287. The van der Waals surface area contributed by atoms with Crippen molar-refractivity contribution in [2.75, 3.05) is 14.1 Å². The van der Waals surface area contributed by atoms with Gasteiger partial charge < -0.3 is 10.6 Å². The molecule has 0 saturated heterocycles. The lowest BCUT2D eigenvalue weighted by molar-refractivity contribution is 0.0968. The normalized spacial score (nSPS) is 25.3. The first-order valence-electron chi connectivity index (χ1n) is 5.97. The summed E-state index contributed by atoms with van der Waals surface area (Å²) in [5, 5.41) is 0. The Balaban J connectivity index is 2.76. The van der Waals surface area contributed by atoms with Crippen LogP contribution in [0.3, 0.4) is 0 Å². The van der Waals surface area contributed by atoms with Crippen LogP contribution in [0.15, 0.2) is 0 Å². The molecule has 0 aromatic heterocycles. The van der Waals surface area contributed by atoms with Gasteiger partial charge in [-0.2, -0.15) is 0 Å². The highest BCUT2D eigenvalue weighted by atomic mass is 15.2. The summed E-state index contributed by atoms with van der Waals surface area (Å²) in [5.41, 5.74) is 6.71. The average Bonchev–Trinajstić information content (AvgIpc) is 2.65. The molecular weight excluding hydrogens is 172 g/mol. The largest absolute Gasteiger partial charge is 0.326 e. The molecule has 14 heavy (non-hydrogen) atoms. The van der Waals surface area contributed by atoms with Gasteiger partial charge >= 0.3 is 0 Å². The molecule has 0 bridgehead atoms. The summed E-state index contributed by atoms with van der Waals surface area (Å²) in [4.78, 5) is 2.37. The molecular formula is C12H26N2. The van der Waals surface area contributed by atoms with Gasteiger partial charge in [0, 0.05) is 11.6 Å². The van der Waals surface area contributed by atoms with Crippen molar-refractivity contribution in [3.05, 3.63) is 0 Å². The smallest absolute Gasteiger partial charge is 0.0356 e. The first kappa shape index (κ1) is 12.0. The zero-order chi connectivity index (χ0) is 10.8. The van der Waals surface area contributed by atoms with E-state index >= 15 is 0 Å². The van der Waals surface area contributed by atoms with E-state index in [0.29, 0.717) is 12.0 Å². The van der Waals surface area contributed by atoms with Gasteiger partial charge in [0.1, 0.15) is 0 Å². The van der Waals surface area contributed by atoms with Crippen LogP contribution in [0.2, 0.25) is 0 Å². The Labute approximate surface area is 88.8 Å². The van der Waals surface area contributed by atoms with Crippen LogP contribution in [0.4, 0.5) is 0 Å². The van der Waals surface area contributed by atoms with Gasteiger partial charge in [-0.3, -0.25) is 0 Å². The van der Waals surface area contributed by atoms with Gasteiger partial charge in [0.05, 0.1) is 0 Å². The maximum Gasteiger partial charge on any atom is 0.0356 e. The maximum atomic E-state index is 6.43. The van der Waals surface area contributed by atoms with Gasteiger partial charge in [-0.1, -0.05) is 33.1 Å². The third kappa shape index (κ3) is 1.96. The van der Waals surface area contributed by atoms with Crippen LogP contribution in [-0.4, -0.2) is 30.6 Å². The van der Waals surface area contributed by atoms with Crippen molar-refractivity contribution in [1.29, 1.82) is 0 Å². The van der Waals surface area contributed by atoms with Crippen LogP contribution < -0.4 is 5.73 Å². The molecule has 0 heterocycles. The Morgan fingerprint density at radius 3 is 2.14 bits per heavy atom. The molecule has 2 atom stereocenters. The molecule has 1 saturated carbocycles. The Hall–Kier alpha value is -0.0800. The topological polar surface area (TPSA) is 29.3 Å². The Morgan fingerprint density at radius 2 is 1.79 bits per heavy atom. The van der Waals surface area contributed by atoms with E-state index < -0.39 is 0 Å². The minimum absolute atomic E-state index is 0.287. The molecule has 2 nitrogen and oxygen atoms in total. The van der Waals surface area contributed by atoms with Crippen LogP contribution in [0.25, 0.3) is 0 Å². The Bertz CT molecular complexity index is 171. The molecule has 1 rings (SSSR count). The third-order valence-electron chi connectivity index (χ3n) is 4.24. The fourth-order valence-corrected chi connectivity index (χ4v) is 2.85. The fourth-order valence-electron chi connectivity index (χ4n) is 2.85. The van der Waals surface area contributed by atoms with Crippen molar-refractivity contribution in [2.45, 2.75) is 57.5 Å². The second-order valence-electron chi connectivity index (χ2n) is 5.12. The van der Waals surface area contributed by atoms with Gasteiger partial charge in [-0.15, -0.1) is 0 Å². The third-order valence-corrected chi connectivity index (χ3v) is 4.24. The van der Waals surface area contributed by atoms with Crippen LogP contribution in [0.5, 0.6) is 0 Å². The summed E-state index contributed by atoms with van der Waals surface area (Å²) in [7, 11) is 4.38. The summed E-state index contributed by atoms with van der Waals surface area (Å²) in [6.45, 7) is 4.52. The highest BCUT2D eigenvalue weighted by molar-refractivity contribution is 5.02. The van der Waals surface area contributed by atoms with E-state index in [1.54, 1.807) is 0 Å². The summed E-state index contributed by atoms with van der Waals surface area (Å²) in [5.74, 6) is 0.635. The number of likely N-dealkylation sites (N-methyl/N-ethyl adjacent to an activating group) is 1. The molecule has 1 aliphatic carbocycles. The van der Waals surface area contributed by atoms with Crippen LogP contribution >= 0.6 is 0 Å². The number of nitrogens with zero attached hydrogens (tertiary/aromatic N) is 1. The molecule has 0 aromatic rings. The first-order chi connectivity index (χ1) is 6.54. The molecule has 1 aliphatic rings. The standard InChI is InChI=1S/C12H26N2/c1-5-10(2)11(13)12(14(3)4)8-6-7-9-12/h10-11H,5-9,13H2,1-4H3. The Kier molecular flexibility index (Phi) is 3.96. The lowest BCUT2D eigenvalue weighted by Gasteiger charge is -2.44. The van der Waals surface area contributed by atoms with E-state index in [1.165, 1.54) is 32.1 Å². The van der Waals surface area contributed by atoms with E-state index in [-0.39, 0.29) is 5.54 Å². The fraction of sp³-hybridized carbons (Fsp3) is 1.00. The van der Waals surface area contributed by atoms with Crippen molar-refractivity contribution >= 4 is 0 Å². The maximum absolute atomic E-state index is 6.43. The highest BCUT2D eigenvalue weighted by Gasteiger charge is 2.42. The van der Waals surface area contributed by atoms with E-state index in [1.807, 2.05) is 0 Å². The van der Waals surface area contributed by atoms with Crippen LogP contribution in [0.1, 0.15) is 46.0 Å². The van der Waals surface area contributed by atoms with Crippen LogP contribution in [0, 0.1) is 5.92 Å². The molecule has 0 amide bonds. The zero-order valence-corrected chi connectivity index (χ0v) is 10.2. The molecule has 2 N–H and O–H groups in total.